The number of methoxy groups -OCH3 is 1. The van der Waals surface area contributed by atoms with E-state index in [1.165, 1.54) is 0 Å². The number of anilines is 1. The molecule has 29 heavy (non-hydrogen) atoms. The van der Waals surface area contributed by atoms with Gasteiger partial charge in [0.05, 0.1) is 19.9 Å². The van der Waals surface area contributed by atoms with E-state index >= 15 is 0 Å². The van der Waals surface area contributed by atoms with Gasteiger partial charge in [-0.1, -0.05) is 15.9 Å². The third-order valence-electron chi connectivity index (χ3n) is 5.52. The van der Waals surface area contributed by atoms with Crippen molar-refractivity contribution in [1.29, 1.82) is 0 Å². The lowest BCUT2D eigenvalue weighted by Crippen LogP contribution is -2.29. The monoisotopic (exact) mass is 460 g/mol. The predicted octanol–water partition coefficient (Wildman–Crippen LogP) is 2.87. The van der Waals surface area contributed by atoms with Crippen molar-refractivity contribution in [2.45, 2.75) is 38.3 Å². The van der Waals surface area contributed by atoms with Gasteiger partial charge in [-0.15, -0.1) is 0 Å². The Morgan fingerprint density at radius 2 is 2.14 bits per heavy atom. The number of aromatic amines is 1. The largest absolute Gasteiger partial charge is 0.496 e. The van der Waals surface area contributed by atoms with Crippen LogP contribution in [0.25, 0.3) is 11.2 Å². The number of imidazole rings is 1. The zero-order chi connectivity index (χ0) is 20.4. The number of halogens is 1. The molecule has 1 aliphatic rings. The van der Waals surface area contributed by atoms with Crippen LogP contribution in [0.2, 0.25) is 0 Å². The topological polar surface area (TPSA) is 111 Å². The van der Waals surface area contributed by atoms with Gasteiger partial charge in [0.2, 0.25) is 5.95 Å². The molecule has 2 aromatic heterocycles. The Kier molecular flexibility index (Phi) is 5.86. The van der Waals surface area contributed by atoms with Crippen molar-refractivity contribution in [3.8, 4) is 5.75 Å². The van der Waals surface area contributed by atoms with E-state index in [-0.39, 0.29) is 5.69 Å². The maximum atomic E-state index is 12.5. The standard InChI is InChI=1S/C20H25BrN6O2/c1-29-17-7-4-14(21)8-13(17)11-27-18-16(25-20(27)28)10-24-19(26-18)23-9-12-2-5-15(22)6-3-12/h4,7-8,10,12,15H,2-3,5-6,9,11,22H2,1H3,(H,25,28)(H,23,24,26). The Bertz CT molecular complexity index is 1050. The van der Waals surface area contributed by atoms with E-state index < -0.39 is 0 Å². The molecule has 0 saturated heterocycles. The molecule has 0 unspecified atom stereocenters. The van der Waals surface area contributed by atoms with E-state index in [9.17, 15) is 4.79 Å². The van der Waals surface area contributed by atoms with Crippen LogP contribution in [-0.2, 0) is 6.54 Å². The summed E-state index contributed by atoms with van der Waals surface area (Å²) in [6.45, 7) is 1.16. The molecule has 1 aromatic carbocycles. The second kappa shape index (κ2) is 8.54. The van der Waals surface area contributed by atoms with Crippen molar-refractivity contribution >= 4 is 33.0 Å². The van der Waals surface area contributed by atoms with Crippen molar-refractivity contribution in [3.05, 3.63) is 44.9 Å². The van der Waals surface area contributed by atoms with E-state index in [0.29, 0.717) is 35.6 Å². The smallest absolute Gasteiger partial charge is 0.328 e. The number of ether oxygens (including phenoxy) is 1. The molecule has 4 N–H and O–H groups in total. The summed E-state index contributed by atoms with van der Waals surface area (Å²) in [4.78, 5) is 24.3. The van der Waals surface area contributed by atoms with Crippen LogP contribution in [0.5, 0.6) is 5.75 Å². The minimum atomic E-state index is -0.227. The summed E-state index contributed by atoms with van der Waals surface area (Å²) in [5.41, 5.74) is 7.82. The first-order chi connectivity index (χ1) is 14.0. The first-order valence-corrected chi connectivity index (χ1v) is 10.6. The van der Waals surface area contributed by atoms with Crippen molar-refractivity contribution in [3.63, 3.8) is 0 Å². The molecule has 1 aliphatic carbocycles. The van der Waals surface area contributed by atoms with Crippen molar-refractivity contribution in [1.82, 2.24) is 19.5 Å². The Morgan fingerprint density at radius 3 is 2.90 bits per heavy atom. The number of nitrogens with two attached hydrogens (primary N) is 1. The second-order valence-electron chi connectivity index (χ2n) is 7.57. The molecule has 0 spiro atoms. The van der Waals surface area contributed by atoms with Crippen molar-refractivity contribution in [2.75, 3.05) is 19.0 Å². The maximum absolute atomic E-state index is 12.5. The molecule has 0 radical (unpaired) electrons. The van der Waals surface area contributed by atoms with Crippen LogP contribution in [0.4, 0.5) is 5.95 Å². The van der Waals surface area contributed by atoms with E-state index in [4.69, 9.17) is 10.5 Å². The van der Waals surface area contributed by atoms with Crippen LogP contribution in [0.15, 0.2) is 33.7 Å². The lowest BCUT2D eigenvalue weighted by Gasteiger charge is -2.26. The molecule has 0 aliphatic heterocycles. The zero-order valence-corrected chi connectivity index (χ0v) is 17.9. The highest BCUT2D eigenvalue weighted by molar-refractivity contribution is 9.10. The van der Waals surface area contributed by atoms with Crippen LogP contribution in [0.1, 0.15) is 31.2 Å². The molecule has 2 heterocycles. The normalized spacial score (nSPS) is 19.4. The molecule has 9 heteroatoms. The third kappa shape index (κ3) is 4.45. The molecular formula is C20H25BrN6O2. The molecule has 4 rings (SSSR count). The number of hydrogen-bond acceptors (Lipinski definition) is 6. The van der Waals surface area contributed by atoms with Gasteiger partial charge in [-0.05, 0) is 49.8 Å². The van der Waals surface area contributed by atoms with Crippen LogP contribution in [0, 0.1) is 5.92 Å². The fourth-order valence-corrected chi connectivity index (χ4v) is 4.26. The van der Waals surface area contributed by atoms with Gasteiger partial charge >= 0.3 is 5.69 Å². The summed E-state index contributed by atoms with van der Waals surface area (Å²) < 4.78 is 7.96. The molecule has 0 bridgehead atoms. The molecule has 1 fully saturated rings. The molecule has 154 valence electrons. The van der Waals surface area contributed by atoms with E-state index in [1.54, 1.807) is 17.9 Å². The highest BCUT2D eigenvalue weighted by atomic mass is 79.9. The van der Waals surface area contributed by atoms with Crippen LogP contribution in [-0.4, -0.2) is 39.2 Å². The Labute approximate surface area is 177 Å². The lowest BCUT2D eigenvalue weighted by molar-refractivity contribution is 0.338. The van der Waals surface area contributed by atoms with Gasteiger partial charge in [-0.2, -0.15) is 4.98 Å². The van der Waals surface area contributed by atoms with Crippen LogP contribution in [0.3, 0.4) is 0 Å². The first kappa shape index (κ1) is 19.9. The summed E-state index contributed by atoms with van der Waals surface area (Å²) in [5, 5.41) is 3.33. The number of hydrogen-bond donors (Lipinski definition) is 3. The van der Waals surface area contributed by atoms with E-state index in [2.05, 4.69) is 36.2 Å². The highest BCUT2D eigenvalue weighted by Crippen LogP contribution is 2.25. The van der Waals surface area contributed by atoms with Crippen LogP contribution < -0.4 is 21.5 Å². The lowest BCUT2D eigenvalue weighted by atomic mass is 9.86. The van der Waals surface area contributed by atoms with Gasteiger partial charge in [0.1, 0.15) is 11.3 Å². The Morgan fingerprint density at radius 1 is 1.34 bits per heavy atom. The summed E-state index contributed by atoms with van der Waals surface area (Å²) in [5.74, 6) is 1.83. The number of rotatable bonds is 6. The first-order valence-electron chi connectivity index (χ1n) is 9.81. The molecular weight excluding hydrogens is 436 g/mol. The number of benzene rings is 1. The SMILES string of the molecule is COc1ccc(Br)cc1Cn1c(=O)[nH]c2cnc(NCC3CCC(N)CC3)nc21. The Balaban J connectivity index is 1.57. The predicted molar refractivity (Wildman–Crippen MR) is 116 cm³/mol. The van der Waals surface area contributed by atoms with Gasteiger partial charge in [0, 0.05) is 22.6 Å². The number of fused-ring (bicyclic) bond motifs is 1. The number of nitrogens with zero attached hydrogens (tertiary/aromatic N) is 3. The summed E-state index contributed by atoms with van der Waals surface area (Å²) in [6.07, 6.45) is 6.02. The second-order valence-corrected chi connectivity index (χ2v) is 8.48. The number of aromatic nitrogens is 4. The van der Waals surface area contributed by atoms with Gasteiger partial charge in [-0.3, -0.25) is 4.57 Å². The number of nitrogens with one attached hydrogen (secondary N) is 2. The summed E-state index contributed by atoms with van der Waals surface area (Å²) in [7, 11) is 1.62. The third-order valence-corrected chi connectivity index (χ3v) is 6.02. The fourth-order valence-electron chi connectivity index (χ4n) is 3.85. The van der Waals surface area contributed by atoms with Gasteiger partial charge in [-0.25, -0.2) is 9.78 Å². The minimum Gasteiger partial charge on any atom is -0.496 e. The molecule has 3 aromatic rings. The maximum Gasteiger partial charge on any atom is 0.328 e. The van der Waals surface area contributed by atoms with Gasteiger partial charge in [0.25, 0.3) is 0 Å². The van der Waals surface area contributed by atoms with E-state index in [1.807, 2.05) is 18.2 Å². The molecule has 1 saturated carbocycles. The number of H-pyrrole nitrogens is 1. The quantitative estimate of drug-likeness (QED) is 0.521. The molecule has 8 nitrogen and oxygen atoms in total. The Hall–Kier alpha value is -2.39. The molecule has 0 amide bonds. The molecule has 0 atom stereocenters. The van der Waals surface area contributed by atoms with E-state index in [0.717, 1.165) is 48.0 Å². The fraction of sp³-hybridized carbons (Fsp3) is 0.450. The average Bonchev–Trinajstić information content (AvgIpc) is 3.02. The average molecular weight is 461 g/mol. The van der Waals surface area contributed by atoms with Crippen molar-refractivity contribution < 1.29 is 4.74 Å². The van der Waals surface area contributed by atoms with Gasteiger partial charge in [0.15, 0.2) is 5.65 Å². The van der Waals surface area contributed by atoms with Gasteiger partial charge < -0.3 is 20.8 Å². The minimum absolute atomic E-state index is 0.227. The summed E-state index contributed by atoms with van der Waals surface area (Å²) >= 11 is 3.48. The van der Waals surface area contributed by atoms with Crippen LogP contribution >= 0.6 is 15.9 Å². The zero-order valence-electron chi connectivity index (χ0n) is 16.3. The summed E-state index contributed by atoms with van der Waals surface area (Å²) in [6, 6.07) is 6.06. The van der Waals surface area contributed by atoms with Crippen molar-refractivity contribution in [2.24, 2.45) is 11.7 Å². The highest BCUT2D eigenvalue weighted by Gasteiger charge is 2.19.